The Labute approximate surface area is 130 Å². The van der Waals surface area contributed by atoms with Crippen molar-refractivity contribution in [2.45, 2.75) is 25.7 Å². The van der Waals surface area contributed by atoms with Crippen LogP contribution in [0.5, 0.6) is 0 Å². The summed E-state index contributed by atoms with van der Waals surface area (Å²) >= 11 is 0. The minimum absolute atomic E-state index is 0.000381. The van der Waals surface area contributed by atoms with Crippen molar-refractivity contribution in [3.05, 3.63) is 48.3 Å². The first kappa shape index (κ1) is 14.5. The Morgan fingerprint density at radius 1 is 1.00 bits per heavy atom. The van der Waals surface area contributed by atoms with Crippen LogP contribution >= 0.6 is 0 Å². The standard InChI is InChI=1S/C17H20N4O/c22-16(21-12-6-1-2-7-13-21)15-10-11-18-17(20-15)19-14-8-4-3-5-9-14/h3-5,8-11H,1-2,6-7,12-13H2,(H,18,19,20). The Kier molecular flexibility index (Phi) is 4.63. The molecular weight excluding hydrogens is 276 g/mol. The molecule has 1 aromatic carbocycles. The largest absolute Gasteiger partial charge is 0.337 e. The van der Waals surface area contributed by atoms with Gasteiger partial charge in [0.05, 0.1) is 0 Å². The number of anilines is 2. The number of hydrogen-bond acceptors (Lipinski definition) is 4. The molecule has 0 atom stereocenters. The number of aromatic nitrogens is 2. The van der Waals surface area contributed by atoms with E-state index in [0.29, 0.717) is 11.6 Å². The van der Waals surface area contributed by atoms with Crippen molar-refractivity contribution in [3.8, 4) is 0 Å². The number of nitrogens with zero attached hydrogens (tertiary/aromatic N) is 3. The third kappa shape index (κ3) is 3.61. The Balaban J connectivity index is 1.74. The number of carbonyl (C=O) groups is 1. The first-order valence-corrected chi connectivity index (χ1v) is 7.77. The molecule has 0 spiro atoms. The summed E-state index contributed by atoms with van der Waals surface area (Å²) in [6.07, 6.45) is 6.18. The highest BCUT2D eigenvalue weighted by molar-refractivity contribution is 5.92. The highest BCUT2D eigenvalue weighted by atomic mass is 16.2. The van der Waals surface area contributed by atoms with Gasteiger partial charge < -0.3 is 10.2 Å². The Bertz CT molecular complexity index is 622. The van der Waals surface area contributed by atoms with Gasteiger partial charge >= 0.3 is 0 Å². The van der Waals surface area contributed by atoms with E-state index in [1.54, 1.807) is 12.3 Å². The van der Waals surface area contributed by atoms with Gasteiger partial charge in [0.25, 0.3) is 5.91 Å². The summed E-state index contributed by atoms with van der Waals surface area (Å²) in [6, 6.07) is 11.4. The summed E-state index contributed by atoms with van der Waals surface area (Å²) < 4.78 is 0. The van der Waals surface area contributed by atoms with Crippen LogP contribution in [-0.2, 0) is 0 Å². The Morgan fingerprint density at radius 3 is 2.45 bits per heavy atom. The summed E-state index contributed by atoms with van der Waals surface area (Å²) in [4.78, 5) is 23.0. The van der Waals surface area contributed by atoms with Crippen molar-refractivity contribution in [2.75, 3.05) is 18.4 Å². The predicted octanol–water partition coefficient (Wildman–Crippen LogP) is 3.24. The van der Waals surface area contributed by atoms with Gasteiger partial charge in [-0.25, -0.2) is 9.97 Å². The lowest BCUT2D eigenvalue weighted by Gasteiger charge is -2.19. The van der Waals surface area contributed by atoms with Crippen molar-refractivity contribution in [1.82, 2.24) is 14.9 Å². The third-order valence-corrected chi connectivity index (χ3v) is 3.80. The minimum Gasteiger partial charge on any atom is -0.337 e. The van der Waals surface area contributed by atoms with E-state index in [1.165, 1.54) is 12.8 Å². The fourth-order valence-electron chi connectivity index (χ4n) is 2.62. The van der Waals surface area contributed by atoms with Gasteiger partial charge in [0.15, 0.2) is 0 Å². The van der Waals surface area contributed by atoms with Crippen LogP contribution in [0, 0.1) is 0 Å². The molecule has 5 nitrogen and oxygen atoms in total. The van der Waals surface area contributed by atoms with Crippen molar-refractivity contribution >= 4 is 17.5 Å². The second kappa shape index (κ2) is 7.02. The number of hydrogen-bond donors (Lipinski definition) is 1. The molecule has 1 N–H and O–H groups in total. The molecule has 0 radical (unpaired) electrons. The molecule has 1 aliphatic heterocycles. The lowest BCUT2D eigenvalue weighted by Crippen LogP contribution is -2.32. The fourth-order valence-corrected chi connectivity index (χ4v) is 2.62. The maximum Gasteiger partial charge on any atom is 0.272 e. The molecule has 1 fully saturated rings. The number of carbonyl (C=O) groups excluding carboxylic acids is 1. The van der Waals surface area contributed by atoms with Gasteiger partial charge in [-0.1, -0.05) is 31.0 Å². The molecule has 114 valence electrons. The Morgan fingerprint density at radius 2 is 1.73 bits per heavy atom. The van der Waals surface area contributed by atoms with E-state index < -0.39 is 0 Å². The summed E-state index contributed by atoms with van der Waals surface area (Å²) in [7, 11) is 0. The van der Waals surface area contributed by atoms with Crippen LogP contribution in [0.25, 0.3) is 0 Å². The number of benzene rings is 1. The molecule has 0 aliphatic carbocycles. The van der Waals surface area contributed by atoms with Gasteiger partial charge in [-0.05, 0) is 31.0 Å². The van der Waals surface area contributed by atoms with E-state index in [2.05, 4.69) is 15.3 Å². The van der Waals surface area contributed by atoms with Crippen LogP contribution in [0.4, 0.5) is 11.6 Å². The molecular formula is C17H20N4O. The number of nitrogens with one attached hydrogen (secondary N) is 1. The maximum absolute atomic E-state index is 12.6. The van der Waals surface area contributed by atoms with Crippen molar-refractivity contribution in [1.29, 1.82) is 0 Å². The average Bonchev–Trinajstić information content (AvgIpc) is 2.85. The van der Waals surface area contributed by atoms with Gasteiger partial charge in [0.1, 0.15) is 5.69 Å². The SMILES string of the molecule is O=C(c1ccnc(Nc2ccccc2)n1)N1CCCCCC1. The van der Waals surface area contributed by atoms with Crippen LogP contribution in [0.3, 0.4) is 0 Å². The number of amides is 1. The predicted molar refractivity (Wildman–Crippen MR) is 86.1 cm³/mol. The van der Waals surface area contributed by atoms with Crippen LogP contribution in [0.1, 0.15) is 36.2 Å². The fraction of sp³-hybridized carbons (Fsp3) is 0.353. The first-order valence-electron chi connectivity index (χ1n) is 7.77. The van der Waals surface area contributed by atoms with E-state index in [9.17, 15) is 4.79 Å². The molecule has 2 aromatic rings. The van der Waals surface area contributed by atoms with Crippen molar-refractivity contribution < 1.29 is 4.79 Å². The van der Waals surface area contributed by atoms with Crippen molar-refractivity contribution in [2.24, 2.45) is 0 Å². The van der Waals surface area contributed by atoms with Gasteiger partial charge in [-0.15, -0.1) is 0 Å². The molecule has 5 heteroatoms. The van der Waals surface area contributed by atoms with E-state index in [4.69, 9.17) is 0 Å². The van der Waals surface area contributed by atoms with E-state index >= 15 is 0 Å². The normalized spacial score (nSPS) is 15.2. The second-order valence-corrected chi connectivity index (χ2v) is 5.46. The first-order chi connectivity index (χ1) is 10.8. The zero-order chi connectivity index (χ0) is 15.2. The highest BCUT2D eigenvalue weighted by Crippen LogP contribution is 2.15. The van der Waals surface area contributed by atoms with Gasteiger partial charge in [-0.3, -0.25) is 4.79 Å². The van der Waals surface area contributed by atoms with E-state index in [-0.39, 0.29) is 5.91 Å². The monoisotopic (exact) mass is 296 g/mol. The van der Waals surface area contributed by atoms with Crippen LogP contribution in [-0.4, -0.2) is 33.9 Å². The van der Waals surface area contributed by atoms with Crippen LogP contribution in [0.15, 0.2) is 42.6 Å². The molecule has 1 aliphatic rings. The average molecular weight is 296 g/mol. The maximum atomic E-state index is 12.6. The Hall–Kier alpha value is -2.43. The summed E-state index contributed by atoms with van der Waals surface area (Å²) in [5, 5.41) is 3.12. The lowest BCUT2D eigenvalue weighted by atomic mass is 10.2. The number of likely N-dealkylation sites (tertiary alicyclic amines) is 1. The summed E-state index contributed by atoms with van der Waals surface area (Å²) in [5.41, 5.74) is 1.36. The van der Waals surface area contributed by atoms with Crippen LogP contribution < -0.4 is 5.32 Å². The van der Waals surface area contributed by atoms with Gasteiger partial charge in [0, 0.05) is 25.0 Å². The summed E-state index contributed by atoms with van der Waals surface area (Å²) in [6.45, 7) is 1.65. The molecule has 1 saturated heterocycles. The zero-order valence-electron chi connectivity index (χ0n) is 12.5. The van der Waals surface area contributed by atoms with E-state index in [1.807, 2.05) is 35.2 Å². The third-order valence-electron chi connectivity index (χ3n) is 3.80. The number of para-hydroxylation sites is 1. The molecule has 0 unspecified atom stereocenters. The van der Waals surface area contributed by atoms with Crippen molar-refractivity contribution in [3.63, 3.8) is 0 Å². The molecule has 2 heterocycles. The second-order valence-electron chi connectivity index (χ2n) is 5.46. The molecule has 1 amide bonds. The lowest BCUT2D eigenvalue weighted by molar-refractivity contribution is 0.0755. The zero-order valence-corrected chi connectivity index (χ0v) is 12.5. The molecule has 0 saturated carbocycles. The number of rotatable bonds is 3. The quantitative estimate of drug-likeness (QED) is 0.944. The summed E-state index contributed by atoms with van der Waals surface area (Å²) in [5.74, 6) is 0.451. The molecule has 0 bridgehead atoms. The topological polar surface area (TPSA) is 58.1 Å². The molecule has 3 rings (SSSR count). The highest BCUT2D eigenvalue weighted by Gasteiger charge is 2.18. The minimum atomic E-state index is 0.000381. The van der Waals surface area contributed by atoms with Gasteiger partial charge in [0.2, 0.25) is 5.95 Å². The van der Waals surface area contributed by atoms with Gasteiger partial charge in [-0.2, -0.15) is 0 Å². The molecule has 1 aromatic heterocycles. The smallest absolute Gasteiger partial charge is 0.272 e. The van der Waals surface area contributed by atoms with E-state index in [0.717, 1.165) is 31.6 Å². The molecule has 22 heavy (non-hydrogen) atoms. The van der Waals surface area contributed by atoms with Crippen LogP contribution in [0.2, 0.25) is 0 Å².